The number of anilines is 1. The van der Waals surface area contributed by atoms with Crippen LogP contribution in [0.1, 0.15) is 11.1 Å². The molecule has 1 aromatic carbocycles. The van der Waals surface area contributed by atoms with Crippen molar-refractivity contribution in [2.75, 3.05) is 25.3 Å². The molecule has 0 bridgehead atoms. The number of halogens is 1. The van der Waals surface area contributed by atoms with Crippen LogP contribution in [0.5, 0.6) is 0 Å². The van der Waals surface area contributed by atoms with Crippen molar-refractivity contribution in [2.45, 2.75) is 11.3 Å². The van der Waals surface area contributed by atoms with E-state index in [4.69, 9.17) is 16.4 Å². The highest BCUT2D eigenvalue weighted by atomic mass is 35.5. The Morgan fingerprint density at radius 3 is 2.57 bits per heavy atom. The lowest BCUT2D eigenvalue weighted by Gasteiger charge is -2.19. The van der Waals surface area contributed by atoms with Crippen molar-refractivity contribution in [3.05, 3.63) is 46.9 Å². The molecule has 0 spiro atoms. The molecule has 0 aliphatic heterocycles. The third-order valence-corrected chi connectivity index (χ3v) is 4.82. The largest absolute Gasteiger partial charge is 0.362 e. The van der Waals surface area contributed by atoms with Crippen molar-refractivity contribution < 1.29 is 0 Å². The summed E-state index contributed by atoms with van der Waals surface area (Å²) in [6.45, 7) is 0. The van der Waals surface area contributed by atoms with Gasteiger partial charge >= 0.3 is 0 Å². The van der Waals surface area contributed by atoms with Crippen LogP contribution in [-0.4, -0.2) is 39.9 Å². The Kier molecular flexibility index (Phi) is 4.32. The standard InChI is InChI=1S/C15H17ClN6S/c1-21(2)14-12(13(16)20-15-18-9-19-22(14)15)8-10-4-6-11(7-5-10)23(3)17/h4-7,9,17H,8H2,1-3H3/t23-/m0/s1. The summed E-state index contributed by atoms with van der Waals surface area (Å²) in [5.74, 6) is 1.36. The highest BCUT2D eigenvalue weighted by Crippen LogP contribution is 2.28. The fourth-order valence-electron chi connectivity index (χ4n) is 2.46. The van der Waals surface area contributed by atoms with Crippen LogP contribution in [0.4, 0.5) is 5.82 Å². The molecule has 0 amide bonds. The van der Waals surface area contributed by atoms with Crippen molar-refractivity contribution >= 4 is 33.9 Å². The fourth-order valence-corrected chi connectivity index (χ4v) is 3.23. The van der Waals surface area contributed by atoms with Gasteiger partial charge in [-0.05, 0) is 24.0 Å². The van der Waals surface area contributed by atoms with E-state index in [-0.39, 0.29) is 0 Å². The molecule has 1 N–H and O–H groups in total. The minimum absolute atomic E-state index is 0.439. The summed E-state index contributed by atoms with van der Waals surface area (Å²) < 4.78 is 9.48. The van der Waals surface area contributed by atoms with Gasteiger partial charge in [-0.25, -0.2) is 0 Å². The van der Waals surface area contributed by atoms with Crippen LogP contribution < -0.4 is 4.90 Å². The predicted octanol–water partition coefficient (Wildman–Crippen LogP) is 2.80. The first-order valence-electron chi connectivity index (χ1n) is 6.99. The lowest BCUT2D eigenvalue weighted by molar-refractivity contribution is 0.875. The molecule has 2 heterocycles. The molecule has 0 aliphatic carbocycles. The van der Waals surface area contributed by atoms with Gasteiger partial charge in [-0.2, -0.15) is 19.6 Å². The molecule has 0 aliphatic rings. The fraction of sp³-hybridized carbons (Fsp3) is 0.267. The average Bonchev–Trinajstić information content (AvgIpc) is 2.95. The molecule has 6 nitrogen and oxygen atoms in total. The molecule has 3 aromatic rings. The maximum atomic E-state index is 7.78. The Bertz CT molecular complexity index is 872. The minimum Gasteiger partial charge on any atom is -0.362 e. The normalized spacial score (nSPS) is 12.5. The van der Waals surface area contributed by atoms with Gasteiger partial charge in [-0.15, -0.1) is 0 Å². The highest BCUT2D eigenvalue weighted by molar-refractivity contribution is 7.85. The van der Waals surface area contributed by atoms with Crippen LogP contribution in [0.15, 0.2) is 35.5 Å². The number of nitrogens with zero attached hydrogens (tertiary/aromatic N) is 5. The maximum Gasteiger partial charge on any atom is 0.255 e. The zero-order valence-electron chi connectivity index (χ0n) is 13.1. The summed E-state index contributed by atoms with van der Waals surface area (Å²) in [6.07, 6.45) is 4.00. The Hall–Kier alpha value is -1.99. The van der Waals surface area contributed by atoms with Crippen LogP contribution >= 0.6 is 11.6 Å². The topological polar surface area (TPSA) is 70.2 Å². The van der Waals surface area contributed by atoms with Crippen molar-refractivity contribution in [1.29, 1.82) is 4.78 Å². The SMILES string of the molecule is CN(C)c1c(Cc2ccc([S@](C)=N)cc2)c(Cl)nc2ncnn12. The first-order chi connectivity index (χ1) is 11.0. The van der Waals surface area contributed by atoms with Crippen LogP contribution in [-0.2, 0) is 17.1 Å². The van der Waals surface area contributed by atoms with Gasteiger partial charge in [0, 0.05) is 31.0 Å². The van der Waals surface area contributed by atoms with E-state index in [0.29, 0.717) is 17.4 Å². The van der Waals surface area contributed by atoms with E-state index in [0.717, 1.165) is 21.8 Å². The maximum absolute atomic E-state index is 7.78. The van der Waals surface area contributed by atoms with Crippen LogP contribution in [0.25, 0.3) is 5.78 Å². The van der Waals surface area contributed by atoms with Crippen molar-refractivity contribution in [2.24, 2.45) is 0 Å². The lowest BCUT2D eigenvalue weighted by Crippen LogP contribution is -2.18. The molecule has 120 valence electrons. The molecule has 0 fully saturated rings. The monoisotopic (exact) mass is 348 g/mol. The molecule has 0 saturated heterocycles. The number of hydrogen-bond donors (Lipinski definition) is 1. The van der Waals surface area contributed by atoms with E-state index in [1.807, 2.05) is 49.5 Å². The Morgan fingerprint density at radius 1 is 1.26 bits per heavy atom. The van der Waals surface area contributed by atoms with E-state index in [1.165, 1.54) is 6.33 Å². The zero-order valence-corrected chi connectivity index (χ0v) is 14.7. The quantitative estimate of drug-likeness (QED) is 0.736. The molecule has 3 rings (SSSR count). The van der Waals surface area contributed by atoms with Crippen LogP contribution in [0.2, 0.25) is 5.15 Å². The van der Waals surface area contributed by atoms with E-state index in [2.05, 4.69) is 15.1 Å². The Morgan fingerprint density at radius 2 is 1.96 bits per heavy atom. The number of fused-ring (bicyclic) bond motifs is 1. The van der Waals surface area contributed by atoms with E-state index < -0.39 is 10.7 Å². The second-order valence-corrected chi connectivity index (χ2v) is 7.25. The third kappa shape index (κ3) is 3.07. The molecule has 8 heteroatoms. The van der Waals surface area contributed by atoms with Gasteiger partial charge in [0.2, 0.25) is 0 Å². The number of benzene rings is 1. The molecule has 0 saturated carbocycles. The van der Waals surface area contributed by atoms with E-state index in [1.54, 1.807) is 4.52 Å². The van der Waals surface area contributed by atoms with Gasteiger partial charge in [0.15, 0.2) is 0 Å². The zero-order chi connectivity index (χ0) is 16.6. The summed E-state index contributed by atoms with van der Waals surface area (Å²) in [4.78, 5) is 11.4. The second-order valence-electron chi connectivity index (χ2n) is 5.40. The van der Waals surface area contributed by atoms with Gasteiger partial charge < -0.3 is 4.90 Å². The van der Waals surface area contributed by atoms with E-state index >= 15 is 0 Å². The number of nitrogens with one attached hydrogen (secondary N) is 1. The molecular weight excluding hydrogens is 332 g/mol. The molecule has 2 aromatic heterocycles. The number of hydrogen-bond acceptors (Lipinski definition) is 5. The van der Waals surface area contributed by atoms with Crippen molar-refractivity contribution in [3.63, 3.8) is 0 Å². The second kappa shape index (κ2) is 6.25. The van der Waals surface area contributed by atoms with Gasteiger partial charge in [0.1, 0.15) is 17.3 Å². The molecule has 0 radical (unpaired) electrons. The molecule has 1 atom stereocenters. The van der Waals surface area contributed by atoms with Gasteiger partial charge in [-0.1, -0.05) is 34.4 Å². The van der Waals surface area contributed by atoms with Gasteiger partial charge in [-0.3, -0.25) is 4.78 Å². The lowest BCUT2D eigenvalue weighted by atomic mass is 10.1. The van der Waals surface area contributed by atoms with E-state index in [9.17, 15) is 0 Å². The summed E-state index contributed by atoms with van der Waals surface area (Å²) in [6, 6.07) is 8.07. The Balaban J connectivity index is 2.06. The molecule has 0 unspecified atom stereocenters. The summed E-state index contributed by atoms with van der Waals surface area (Å²) in [7, 11) is 3.41. The highest BCUT2D eigenvalue weighted by Gasteiger charge is 2.17. The average molecular weight is 349 g/mol. The number of aromatic nitrogens is 4. The van der Waals surface area contributed by atoms with Gasteiger partial charge in [0.05, 0.1) is 0 Å². The van der Waals surface area contributed by atoms with Crippen LogP contribution in [0, 0.1) is 4.78 Å². The molecular formula is C15H17ClN6S. The summed E-state index contributed by atoms with van der Waals surface area (Å²) in [5.41, 5.74) is 2.02. The Labute approximate surface area is 142 Å². The van der Waals surface area contributed by atoms with Crippen molar-refractivity contribution in [3.8, 4) is 0 Å². The minimum atomic E-state index is -0.482. The first-order valence-corrected chi connectivity index (χ1v) is 9.00. The summed E-state index contributed by atoms with van der Waals surface area (Å²) in [5, 5.41) is 4.68. The smallest absolute Gasteiger partial charge is 0.255 e. The predicted molar refractivity (Wildman–Crippen MR) is 93.6 cm³/mol. The summed E-state index contributed by atoms with van der Waals surface area (Å²) >= 11 is 6.39. The number of rotatable bonds is 4. The third-order valence-electron chi connectivity index (χ3n) is 3.53. The van der Waals surface area contributed by atoms with Crippen molar-refractivity contribution in [1.82, 2.24) is 19.6 Å². The molecule has 23 heavy (non-hydrogen) atoms. The first kappa shape index (κ1) is 15.9. The van der Waals surface area contributed by atoms with Crippen LogP contribution in [0.3, 0.4) is 0 Å². The van der Waals surface area contributed by atoms with Gasteiger partial charge in [0.25, 0.3) is 5.78 Å².